The fraction of sp³-hybridized carbons (Fsp3) is 0.750. The first-order valence-electron chi connectivity index (χ1n) is 4.68. The summed E-state index contributed by atoms with van der Waals surface area (Å²) in [5, 5.41) is 21.3. The molecule has 0 heterocycles. The first-order chi connectivity index (χ1) is 7.45. The Morgan fingerprint density at radius 1 is 0.938 bits per heavy atom. The van der Waals surface area contributed by atoms with Gasteiger partial charge in [0.2, 0.25) is 0 Å². The highest BCUT2D eigenvalue weighted by atomic mass is 32.1. The molecule has 0 aromatic rings. The Morgan fingerprint density at radius 3 is 1.50 bits per heavy atom. The van der Waals surface area contributed by atoms with E-state index < -0.39 is 22.4 Å². The van der Waals surface area contributed by atoms with E-state index in [1.165, 1.54) is 0 Å². The van der Waals surface area contributed by atoms with Crippen LogP contribution in [0.5, 0.6) is 0 Å². The lowest BCUT2D eigenvalue weighted by molar-refractivity contribution is -0.137. The van der Waals surface area contributed by atoms with Crippen molar-refractivity contribution in [2.24, 2.45) is 0 Å². The van der Waals surface area contributed by atoms with Gasteiger partial charge in [-0.05, 0) is 0 Å². The molecule has 0 aliphatic heterocycles. The number of carboxylic acids is 2. The van der Waals surface area contributed by atoms with Crippen molar-refractivity contribution in [1.29, 1.82) is 0 Å². The summed E-state index contributed by atoms with van der Waals surface area (Å²) in [6, 6.07) is 0. The first-order valence-corrected chi connectivity index (χ1v) is 5.71. The van der Waals surface area contributed by atoms with Gasteiger partial charge in [0.15, 0.2) is 0 Å². The van der Waals surface area contributed by atoms with E-state index in [0.29, 0.717) is 13.1 Å². The molecule has 2 unspecified atom stereocenters. The first kappa shape index (κ1) is 15.6. The van der Waals surface area contributed by atoms with Crippen molar-refractivity contribution in [3.05, 3.63) is 0 Å². The van der Waals surface area contributed by atoms with Crippen molar-refractivity contribution in [2.45, 2.75) is 10.5 Å². The fourth-order valence-electron chi connectivity index (χ4n) is 0.829. The molecule has 0 radical (unpaired) electrons. The second kappa shape index (κ2) is 8.68. The maximum absolute atomic E-state index is 10.4. The molecule has 94 valence electrons. The highest BCUT2D eigenvalue weighted by Crippen LogP contribution is 1.92. The average molecular weight is 268 g/mol. The molecule has 8 heteroatoms. The van der Waals surface area contributed by atoms with Crippen LogP contribution in [-0.2, 0) is 9.59 Å². The molecule has 0 aromatic heterocycles. The molecule has 16 heavy (non-hydrogen) atoms. The molecule has 0 rings (SSSR count). The number of aliphatic carboxylic acids is 2. The van der Waals surface area contributed by atoms with Gasteiger partial charge in [0.1, 0.15) is 10.5 Å². The van der Waals surface area contributed by atoms with Gasteiger partial charge in [0.05, 0.1) is 0 Å². The lowest BCUT2D eigenvalue weighted by Gasteiger charge is -2.09. The van der Waals surface area contributed by atoms with Crippen molar-refractivity contribution in [3.63, 3.8) is 0 Å². The lowest BCUT2D eigenvalue weighted by atomic mass is 10.4. The van der Waals surface area contributed by atoms with E-state index in [0.717, 1.165) is 0 Å². The second-order valence-electron chi connectivity index (χ2n) is 3.12. The van der Waals surface area contributed by atoms with E-state index in [1.54, 1.807) is 0 Å². The van der Waals surface area contributed by atoms with Crippen LogP contribution in [0.4, 0.5) is 0 Å². The maximum atomic E-state index is 10.4. The highest BCUT2D eigenvalue weighted by molar-refractivity contribution is 7.82. The molecule has 0 saturated carbocycles. The molecule has 0 aliphatic rings. The Kier molecular flexibility index (Phi) is 8.44. The standard InChI is InChI=1S/C8H16N2O4S2/c11-7(12)5(15)3-9-1-2-10-4-6(16)8(13)14/h5-6,9-10,15-16H,1-4H2,(H,11,12)(H,13,14). The third kappa shape index (κ3) is 7.80. The minimum absolute atomic E-state index is 0.267. The maximum Gasteiger partial charge on any atom is 0.317 e. The van der Waals surface area contributed by atoms with Gasteiger partial charge in [-0.3, -0.25) is 9.59 Å². The molecule has 0 amide bonds. The van der Waals surface area contributed by atoms with Crippen LogP contribution in [0.15, 0.2) is 0 Å². The summed E-state index contributed by atoms with van der Waals surface area (Å²) in [7, 11) is 0. The van der Waals surface area contributed by atoms with Crippen LogP contribution >= 0.6 is 25.3 Å². The molecule has 0 spiro atoms. The lowest BCUT2D eigenvalue weighted by Crippen LogP contribution is -2.36. The predicted octanol–water partition coefficient (Wildman–Crippen LogP) is -1.07. The Hall–Kier alpha value is -0.440. The summed E-state index contributed by atoms with van der Waals surface area (Å²) in [6.07, 6.45) is 0. The van der Waals surface area contributed by atoms with Crippen molar-refractivity contribution in [3.8, 4) is 0 Å². The monoisotopic (exact) mass is 268 g/mol. The zero-order chi connectivity index (χ0) is 12.6. The van der Waals surface area contributed by atoms with Gasteiger partial charge < -0.3 is 20.8 Å². The van der Waals surface area contributed by atoms with Gasteiger partial charge >= 0.3 is 11.9 Å². The molecule has 6 nitrogen and oxygen atoms in total. The molecule has 0 saturated heterocycles. The molecule has 0 fully saturated rings. The summed E-state index contributed by atoms with van der Waals surface area (Å²) < 4.78 is 0. The van der Waals surface area contributed by atoms with Crippen LogP contribution in [0.2, 0.25) is 0 Å². The van der Waals surface area contributed by atoms with Gasteiger partial charge in [0, 0.05) is 26.2 Å². The Bertz CT molecular complexity index is 216. The molecule has 0 aromatic carbocycles. The summed E-state index contributed by atoms with van der Waals surface area (Å²) >= 11 is 7.67. The Balaban J connectivity index is 3.34. The Morgan fingerprint density at radius 2 is 1.25 bits per heavy atom. The second-order valence-corrected chi connectivity index (χ2v) is 4.36. The van der Waals surface area contributed by atoms with Gasteiger partial charge in [0.25, 0.3) is 0 Å². The van der Waals surface area contributed by atoms with E-state index in [1.807, 2.05) is 0 Å². The zero-order valence-corrected chi connectivity index (χ0v) is 10.4. The third-order valence-electron chi connectivity index (χ3n) is 1.72. The summed E-state index contributed by atoms with van der Waals surface area (Å²) in [5.74, 6) is -1.94. The van der Waals surface area contributed by atoms with Gasteiger partial charge in [-0.25, -0.2) is 0 Å². The Labute approximate surface area is 105 Å². The zero-order valence-electron chi connectivity index (χ0n) is 8.59. The van der Waals surface area contributed by atoms with Crippen LogP contribution in [0.3, 0.4) is 0 Å². The molecule has 2 atom stereocenters. The minimum atomic E-state index is -0.968. The average Bonchev–Trinajstić information content (AvgIpc) is 2.21. The quantitative estimate of drug-likeness (QED) is 0.235. The fourth-order valence-corrected chi connectivity index (χ4v) is 1.09. The van der Waals surface area contributed by atoms with Gasteiger partial charge in [-0.15, -0.1) is 0 Å². The minimum Gasteiger partial charge on any atom is -0.480 e. The van der Waals surface area contributed by atoms with E-state index >= 15 is 0 Å². The molecule has 0 aliphatic carbocycles. The predicted molar refractivity (Wildman–Crippen MR) is 66.6 cm³/mol. The summed E-state index contributed by atoms with van der Waals surface area (Å²) in [5.41, 5.74) is 0. The van der Waals surface area contributed by atoms with Crippen LogP contribution in [0.1, 0.15) is 0 Å². The summed E-state index contributed by atoms with van der Waals surface area (Å²) in [6.45, 7) is 1.63. The van der Waals surface area contributed by atoms with Crippen LogP contribution in [0.25, 0.3) is 0 Å². The van der Waals surface area contributed by atoms with Crippen molar-refractivity contribution in [2.75, 3.05) is 26.2 Å². The number of rotatable bonds is 9. The smallest absolute Gasteiger partial charge is 0.317 e. The van der Waals surface area contributed by atoms with E-state index in [9.17, 15) is 9.59 Å². The number of carboxylic acid groups (broad SMARTS) is 2. The van der Waals surface area contributed by atoms with Crippen LogP contribution < -0.4 is 10.6 Å². The number of nitrogens with one attached hydrogen (secondary N) is 2. The molecule has 0 bridgehead atoms. The molecule has 4 N–H and O–H groups in total. The van der Waals surface area contributed by atoms with E-state index in [4.69, 9.17) is 10.2 Å². The number of hydrogen-bond acceptors (Lipinski definition) is 6. The third-order valence-corrected chi connectivity index (χ3v) is 2.53. The van der Waals surface area contributed by atoms with Crippen LogP contribution in [0, 0.1) is 0 Å². The van der Waals surface area contributed by atoms with Crippen molar-refractivity contribution < 1.29 is 19.8 Å². The summed E-state index contributed by atoms with van der Waals surface area (Å²) in [4.78, 5) is 20.8. The normalized spacial score (nSPS) is 14.4. The van der Waals surface area contributed by atoms with Gasteiger partial charge in [-0.2, -0.15) is 25.3 Å². The largest absolute Gasteiger partial charge is 0.480 e. The van der Waals surface area contributed by atoms with E-state index in [-0.39, 0.29) is 13.1 Å². The SMILES string of the molecule is O=C(O)C(S)CNCCNCC(S)C(=O)O. The van der Waals surface area contributed by atoms with E-state index in [2.05, 4.69) is 35.9 Å². The highest BCUT2D eigenvalue weighted by Gasteiger charge is 2.11. The van der Waals surface area contributed by atoms with Crippen molar-refractivity contribution in [1.82, 2.24) is 10.6 Å². The molecular formula is C8H16N2O4S2. The van der Waals surface area contributed by atoms with Gasteiger partial charge in [-0.1, -0.05) is 0 Å². The number of thiol groups is 2. The molecular weight excluding hydrogens is 252 g/mol. The van der Waals surface area contributed by atoms with Crippen LogP contribution in [-0.4, -0.2) is 58.8 Å². The van der Waals surface area contributed by atoms with Crippen molar-refractivity contribution >= 4 is 37.2 Å². The topological polar surface area (TPSA) is 98.7 Å². The number of hydrogen-bond donors (Lipinski definition) is 6. The number of carbonyl (C=O) groups is 2.